The number of hydrogen-bond acceptors (Lipinski definition) is 4. The fourth-order valence-corrected chi connectivity index (χ4v) is 2.76. The molecule has 3 rings (SSSR count). The Morgan fingerprint density at radius 1 is 1.04 bits per heavy atom. The number of anilines is 2. The highest BCUT2D eigenvalue weighted by Crippen LogP contribution is 2.38. The van der Waals surface area contributed by atoms with E-state index in [0.29, 0.717) is 10.7 Å². The molecule has 0 saturated heterocycles. The first kappa shape index (κ1) is 19.9. The van der Waals surface area contributed by atoms with Crippen LogP contribution in [0.1, 0.15) is 18.1 Å². The van der Waals surface area contributed by atoms with Gasteiger partial charge >= 0.3 is 12.2 Å². The highest BCUT2D eigenvalue weighted by Gasteiger charge is 2.37. The van der Waals surface area contributed by atoms with E-state index in [0.717, 1.165) is 11.8 Å². The second-order valence-electron chi connectivity index (χ2n) is 5.88. The Hall–Kier alpha value is -2.80. The zero-order chi connectivity index (χ0) is 20.1. The van der Waals surface area contributed by atoms with Crippen LogP contribution >= 0.6 is 11.6 Å². The van der Waals surface area contributed by atoms with Crippen LogP contribution in [0.15, 0.2) is 60.8 Å². The zero-order valence-corrected chi connectivity index (χ0v) is 15.7. The van der Waals surface area contributed by atoms with Gasteiger partial charge in [0.05, 0.1) is 0 Å². The third-order valence-electron chi connectivity index (χ3n) is 3.97. The van der Waals surface area contributed by atoms with Gasteiger partial charge in [-0.2, -0.15) is 18.2 Å². The van der Waals surface area contributed by atoms with E-state index in [1.54, 1.807) is 31.2 Å². The van der Waals surface area contributed by atoms with Gasteiger partial charge in [0.15, 0.2) is 5.82 Å². The van der Waals surface area contributed by atoms with Gasteiger partial charge in [-0.3, -0.25) is 0 Å². The lowest BCUT2D eigenvalue weighted by atomic mass is 10.2. The Morgan fingerprint density at radius 3 is 2.32 bits per heavy atom. The van der Waals surface area contributed by atoms with Crippen molar-refractivity contribution in [2.24, 2.45) is 0 Å². The number of nitrogens with zero attached hydrogens (tertiary/aromatic N) is 3. The summed E-state index contributed by atoms with van der Waals surface area (Å²) < 4.78 is 46.1. The molecule has 0 unspecified atom stereocenters. The number of aromatic nitrogens is 2. The molecule has 0 saturated carbocycles. The first-order valence-electron chi connectivity index (χ1n) is 8.52. The quantitative estimate of drug-likeness (QED) is 0.511. The van der Waals surface area contributed by atoms with Crippen molar-refractivity contribution in [2.75, 3.05) is 11.4 Å². The first-order valence-corrected chi connectivity index (χ1v) is 8.90. The van der Waals surface area contributed by atoms with Crippen LogP contribution in [-0.2, 0) is 12.8 Å². The molecule has 0 spiro atoms. The summed E-state index contributed by atoms with van der Waals surface area (Å²) >= 11 is 5.89. The molecule has 0 aliphatic rings. The lowest BCUT2D eigenvalue weighted by Gasteiger charge is -2.25. The van der Waals surface area contributed by atoms with Gasteiger partial charge in [-0.1, -0.05) is 41.9 Å². The van der Waals surface area contributed by atoms with Crippen LogP contribution < -0.4 is 9.64 Å². The van der Waals surface area contributed by atoms with Crippen molar-refractivity contribution in [1.82, 2.24) is 9.97 Å². The minimum atomic E-state index is -4.60. The molecule has 0 fully saturated rings. The topological polar surface area (TPSA) is 38.2 Å². The molecule has 3 aromatic rings. The smallest absolute Gasteiger partial charge is 0.421 e. The van der Waals surface area contributed by atoms with Crippen LogP contribution in [0.25, 0.3) is 0 Å². The molecule has 4 nitrogen and oxygen atoms in total. The lowest BCUT2D eigenvalue weighted by Crippen LogP contribution is -2.23. The van der Waals surface area contributed by atoms with Gasteiger partial charge in [0.1, 0.15) is 12.2 Å². The fraction of sp³-hybridized carbons (Fsp3) is 0.200. The maximum absolute atomic E-state index is 13.5. The van der Waals surface area contributed by atoms with Crippen LogP contribution in [0.2, 0.25) is 5.02 Å². The molecule has 0 atom stereocenters. The van der Waals surface area contributed by atoms with Gasteiger partial charge < -0.3 is 9.64 Å². The van der Waals surface area contributed by atoms with Crippen molar-refractivity contribution in [3.63, 3.8) is 0 Å². The molecular weight excluding hydrogens is 391 g/mol. The van der Waals surface area contributed by atoms with Crippen LogP contribution in [0, 0.1) is 0 Å². The average molecular weight is 408 g/mol. The standard InChI is InChI=1S/C20H17ClF3N3O/c1-2-27(16-10-8-15(21)9-11-16)18-17(20(22,23)24)12-25-19(26-18)28-13-14-6-4-3-5-7-14/h3-12H,2,13H2,1H3. The number of rotatable bonds is 6. The van der Waals surface area contributed by atoms with Crippen molar-refractivity contribution in [1.29, 1.82) is 0 Å². The highest BCUT2D eigenvalue weighted by molar-refractivity contribution is 6.30. The highest BCUT2D eigenvalue weighted by atomic mass is 35.5. The predicted molar refractivity (Wildman–Crippen MR) is 102 cm³/mol. The van der Waals surface area contributed by atoms with E-state index in [1.807, 2.05) is 30.3 Å². The summed E-state index contributed by atoms with van der Waals surface area (Å²) in [5.41, 5.74) is 0.457. The molecule has 0 bridgehead atoms. The van der Waals surface area contributed by atoms with Crippen LogP contribution in [0.5, 0.6) is 6.01 Å². The van der Waals surface area contributed by atoms with E-state index < -0.39 is 11.7 Å². The van der Waals surface area contributed by atoms with Gasteiger partial charge in [-0.05, 0) is 36.8 Å². The molecule has 0 aliphatic carbocycles. The Morgan fingerprint density at radius 2 is 1.71 bits per heavy atom. The van der Waals surface area contributed by atoms with Crippen molar-refractivity contribution in [3.05, 3.63) is 76.9 Å². The van der Waals surface area contributed by atoms with E-state index in [-0.39, 0.29) is 25.0 Å². The van der Waals surface area contributed by atoms with Crippen molar-refractivity contribution in [2.45, 2.75) is 19.7 Å². The summed E-state index contributed by atoms with van der Waals surface area (Å²) in [6.45, 7) is 2.15. The van der Waals surface area contributed by atoms with E-state index >= 15 is 0 Å². The Kier molecular flexibility index (Phi) is 6.04. The molecule has 0 aliphatic heterocycles. The van der Waals surface area contributed by atoms with Gasteiger partial charge in [-0.15, -0.1) is 0 Å². The zero-order valence-electron chi connectivity index (χ0n) is 14.9. The second-order valence-corrected chi connectivity index (χ2v) is 6.32. The Balaban J connectivity index is 1.96. The SMILES string of the molecule is CCN(c1ccc(Cl)cc1)c1nc(OCc2ccccc2)ncc1C(F)(F)F. The molecule has 1 heterocycles. The number of halogens is 4. The van der Waals surface area contributed by atoms with Crippen LogP contribution in [0.4, 0.5) is 24.7 Å². The first-order chi connectivity index (χ1) is 13.4. The Bertz CT molecular complexity index is 918. The van der Waals surface area contributed by atoms with Gasteiger partial charge in [0.25, 0.3) is 0 Å². The summed E-state index contributed by atoms with van der Waals surface area (Å²) in [6.07, 6.45) is -3.85. The minimum Gasteiger partial charge on any atom is -0.459 e. The van der Waals surface area contributed by atoms with E-state index in [2.05, 4.69) is 9.97 Å². The maximum atomic E-state index is 13.5. The maximum Gasteiger partial charge on any atom is 0.421 e. The third-order valence-corrected chi connectivity index (χ3v) is 4.22. The van der Waals surface area contributed by atoms with Gasteiger partial charge in [0, 0.05) is 23.5 Å². The third kappa shape index (κ3) is 4.72. The number of alkyl halides is 3. The molecule has 0 radical (unpaired) electrons. The summed E-state index contributed by atoms with van der Waals surface area (Å²) in [5, 5.41) is 0.491. The van der Waals surface area contributed by atoms with Crippen LogP contribution in [-0.4, -0.2) is 16.5 Å². The monoisotopic (exact) mass is 407 g/mol. The van der Waals surface area contributed by atoms with Gasteiger partial charge in [-0.25, -0.2) is 4.98 Å². The molecule has 8 heteroatoms. The normalized spacial score (nSPS) is 11.3. The summed E-state index contributed by atoms with van der Waals surface area (Å²) in [5.74, 6) is -0.268. The van der Waals surface area contributed by atoms with E-state index in [1.165, 1.54) is 4.90 Å². The molecule has 146 valence electrons. The average Bonchev–Trinajstić information content (AvgIpc) is 2.68. The summed E-state index contributed by atoms with van der Waals surface area (Å²) in [6, 6.07) is 15.6. The number of hydrogen-bond donors (Lipinski definition) is 0. The number of ether oxygens (including phenoxy) is 1. The van der Waals surface area contributed by atoms with Gasteiger partial charge in [0.2, 0.25) is 0 Å². The van der Waals surface area contributed by atoms with Crippen LogP contribution in [0.3, 0.4) is 0 Å². The summed E-state index contributed by atoms with van der Waals surface area (Å²) in [4.78, 5) is 9.25. The molecule has 1 aromatic heterocycles. The molecular formula is C20H17ClF3N3O. The molecule has 0 amide bonds. The molecule has 0 N–H and O–H groups in total. The fourth-order valence-electron chi connectivity index (χ4n) is 2.63. The Labute approximate surface area is 165 Å². The largest absolute Gasteiger partial charge is 0.459 e. The summed E-state index contributed by atoms with van der Waals surface area (Å²) in [7, 11) is 0. The van der Waals surface area contributed by atoms with E-state index in [4.69, 9.17) is 16.3 Å². The van der Waals surface area contributed by atoms with Crippen molar-refractivity contribution in [3.8, 4) is 6.01 Å². The lowest BCUT2D eigenvalue weighted by molar-refractivity contribution is -0.137. The van der Waals surface area contributed by atoms with Crippen molar-refractivity contribution < 1.29 is 17.9 Å². The van der Waals surface area contributed by atoms with E-state index in [9.17, 15) is 13.2 Å². The minimum absolute atomic E-state index is 0.126. The van der Waals surface area contributed by atoms with Crippen molar-refractivity contribution >= 4 is 23.1 Å². The number of benzene rings is 2. The molecule has 2 aromatic carbocycles. The second kappa shape index (κ2) is 8.48. The molecule has 28 heavy (non-hydrogen) atoms. The predicted octanol–water partition coefficient (Wildman–Crippen LogP) is 5.89.